The van der Waals surface area contributed by atoms with Gasteiger partial charge in [-0.05, 0) is 75.3 Å². The second-order valence-corrected chi connectivity index (χ2v) is 8.47. The molecule has 2 aromatic carbocycles. The summed E-state index contributed by atoms with van der Waals surface area (Å²) in [6, 6.07) is 12.3. The van der Waals surface area contributed by atoms with E-state index in [9.17, 15) is 4.79 Å². The van der Waals surface area contributed by atoms with Gasteiger partial charge in [-0.25, -0.2) is 0 Å². The second-order valence-electron chi connectivity index (χ2n) is 8.47. The van der Waals surface area contributed by atoms with E-state index in [4.69, 9.17) is 9.31 Å². The quantitative estimate of drug-likeness (QED) is 0.862. The van der Waals surface area contributed by atoms with E-state index in [1.165, 1.54) is 6.42 Å². The topological polar surface area (TPSA) is 47.6 Å². The molecule has 0 bridgehead atoms. The fourth-order valence-corrected chi connectivity index (χ4v) is 3.45. The number of carbonyl (C=O) groups excluding carboxylic acids is 1. The van der Waals surface area contributed by atoms with Gasteiger partial charge in [0.1, 0.15) is 0 Å². The lowest BCUT2D eigenvalue weighted by Crippen LogP contribution is -2.41. The van der Waals surface area contributed by atoms with Crippen LogP contribution in [-0.2, 0) is 9.31 Å². The van der Waals surface area contributed by atoms with Crippen LogP contribution in [-0.4, -0.2) is 30.3 Å². The second kappa shape index (κ2) is 6.10. The van der Waals surface area contributed by atoms with Gasteiger partial charge in [-0.1, -0.05) is 24.3 Å². The normalized spacial score (nSPS) is 21.6. The molecule has 4 nitrogen and oxygen atoms in total. The van der Waals surface area contributed by atoms with Gasteiger partial charge in [-0.15, -0.1) is 0 Å². The van der Waals surface area contributed by atoms with E-state index in [-0.39, 0.29) is 17.1 Å². The van der Waals surface area contributed by atoms with Crippen LogP contribution in [0.25, 0.3) is 10.8 Å². The fourth-order valence-electron chi connectivity index (χ4n) is 3.45. The van der Waals surface area contributed by atoms with Crippen molar-refractivity contribution < 1.29 is 14.1 Å². The smallest absolute Gasteiger partial charge is 0.399 e. The molecular formula is C21H26BNO3. The van der Waals surface area contributed by atoms with Crippen LogP contribution in [0.1, 0.15) is 57.3 Å². The molecule has 5 heteroatoms. The Morgan fingerprint density at radius 1 is 1.08 bits per heavy atom. The predicted octanol–water partition coefficient (Wildman–Crippen LogP) is 3.42. The molecule has 0 unspecified atom stereocenters. The summed E-state index contributed by atoms with van der Waals surface area (Å²) in [5, 5.41) is 5.19. The number of amides is 1. The summed E-state index contributed by atoms with van der Waals surface area (Å²) in [5.74, 6) is 0.0117. The summed E-state index contributed by atoms with van der Waals surface area (Å²) in [5.41, 5.74) is 0.966. The summed E-state index contributed by atoms with van der Waals surface area (Å²) in [7, 11) is -0.404. The molecule has 1 saturated heterocycles. The van der Waals surface area contributed by atoms with Crippen LogP contribution in [0.2, 0.25) is 0 Å². The molecule has 26 heavy (non-hydrogen) atoms. The first kappa shape index (κ1) is 17.6. The average molecular weight is 351 g/mol. The fraction of sp³-hybridized carbons (Fsp3) is 0.476. The molecule has 4 rings (SSSR count). The minimum absolute atomic E-state index is 0.0117. The van der Waals surface area contributed by atoms with E-state index in [0.29, 0.717) is 11.6 Å². The van der Waals surface area contributed by atoms with E-state index in [1.54, 1.807) is 0 Å². The van der Waals surface area contributed by atoms with Crippen LogP contribution < -0.4 is 10.8 Å². The van der Waals surface area contributed by atoms with Gasteiger partial charge >= 0.3 is 7.12 Å². The number of carbonyl (C=O) groups is 1. The Morgan fingerprint density at radius 2 is 1.77 bits per heavy atom. The third-order valence-corrected chi connectivity index (χ3v) is 6.12. The number of rotatable bonds is 3. The molecule has 1 aliphatic heterocycles. The Hall–Kier alpha value is -1.85. The SMILES string of the molecule is CC1(C)OB(c2cccc3cc(C(=O)NC4CCC4)ccc23)OC1(C)C. The van der Waals surface area contributed by atoms with Gasteiger partial charge in [-0.3, -0.25) is 4.79 Å². The minimum Gasteiger partial charge on any atom is -0.399 e. The van der Waals surface area contributed by atoms with E-state index < -0.39 is 7.12 Å². The van der Waals surface area contributed by atoms with Gasteiger partial charge in [0.25, 0.3) is 5.91 Å². The van der Waals surface area contributed by atoms with Gasteiger partial charge in [0.05, 0.1) is 11.2 Å². The van der Waals surface area contributed by atoms with Crippen LogP contribution in [0.3, 0.4) is 0 Å². The zero-order valence-corrected chi connectivity index (χ0v) is 16.0. The molecule has 0 radical (unpaired) electrons. The lowest BCUT2D eigenvalue weighted by Gasteiger charge is -2.32. The molecule has 0 aromatic heterocycles. The molecule has 0 atom stereocenters. The molecule has 136 valence electrons. The van der Waals surface area contributed by atoms with Crippen molar-refractivity contribution in [2.45, 2.75) is 64.2 Å². The highest BCUT2D eigenvalue weighted by molar-refractivity contribution is 6.65. The van der Waals surface area contributed by atoms with Gasteiger partial charge in [-0.2, -0.15) is 0 Å². The molecule has 2 fully saturated rings. The number of hydrogen-bond donors (Lipinski definition) is 1. The third kappa shape index (κ3) is 2.93. The monoisotopic (exact) mass is 351 g/mol. The van der Waals surface area contributed by atoms with E-state index >= 15 is 0 Å². The molecule has 1 aliphatic carbocycles. The summed E-state index contributed by atoms with van der Waals surface area (Å²) in [4.78, 5) is 12.4. The molecule has 1 amide bonds. The molecule has 0 spiro atoms. The first-order valence-electron chi connectivity index (χ1n) is 9.46. The standard InChI is InChI=1S/C21H26BNO3/c1-20(2)21(3,4)26-22(25-20)18-10-5-7-14-13-15(11-12-17(14)18)19(24)23-16-8-6-9-16/h5,7,10-13,16H,6,8-9H2,1-4H3,(H,23,24). The van der Waals surface area contributed by atoms with Crippen molar-refractivity contribution in [3.63, 3.8) is 0 Å². The zero-order chi connectivity index (χ0) is 18.5. The number of nitrogens with one attached hydrogen (secondary N) is 1. The van der Waals surface area contributed by atoms with Crippen molar-refractivity contribution in [1.82, 2.24) is 5.32 Å². The Morgan fingerprint density at radius 3 is 2.38 bits per heavy atom. The summed E-state index contributed by atoms with van der Waals surface area (Å²) >= 11 is 0. The number of fused-ring (bicyclic) bond motifs is 1. The van der Waals surface area contributed by atoms with Crippen molar-refractivity contribution in [2.75, 3.05) is 0 Å². The molecule has 2 aliphatic rings. The highest BCUT2D eigenvalue weighted by Crippen LogP contribution is 2.37. The van der Waals surface area contributed by atoms with Gasteiger partial charge in [0, 0.05) is 11.6 Å². The minimum atomic E-state index is -0.404. The number of hydrogen-bond acceptors (Lipinski definition) is 3. The highest BCUT2D eigenvalue weighted by Gasteiger charge is 2.52. The Kier molecular flexibility index (Phi) is 4.12. The predicted molar refractivity (Wildman–Crippen MR) is 105 cm³/mol. The van der Waals surface area contributed by atoms with Crippen LogP contribution in [0.5, 0.6) is 0 Å². The molecular weight excluding hydrogens is 325 g/mol. The van der Waals surface area contributed by atoms with Crippen LogP contribution in [0.4, 0.5) is 0 Å². The van der Waals surface area contributed by atoms with Gasteiger partial charge < -0.3 is 14.6 Å². The lowest BCUT2D eigenvalue weighted by molar-refractivity contribution is 0.00578. The largest absolute Gasteiger partial charge is 0.495 e. The van der Waals surface area contributed by atoms with Crippen molar-refractivity contribution in [1.29, 1.82) is 0 Å². The maximum Gasteiger partial charge on any atom is 0.495 e. The lowest BCUT2D eigenvalue weighted by atomic mass is 9.76. The number of benzene rings is 2. The van der Waals surface area contributed by atoms with Crippen LogP contribution >= 0.6 is 0 Å². The van der Waals surface area contributed by atoms with Crippen molar-refractivity contribution in [3.8, 4) is 0 Å². The maximum absolute atomic E-state index is 12.4. The molecule has 1 heterocycles. The summed E-state index contributed by atoms with van der Waals surface area (Å²) in [6.45, 7) is 8.23. The summed E-state index contributed by atoms with van der Waals surface area (Å²) < 4.78 is 12.4. The van der Waals surface area contributed by atoms with Crippen molar-refractivity contribution >= 4 is 29.3 Å². The summed E-state index contributed by atoms with van der Waals surface area (Å²) in [6.07, 6.45) is 3.39. The van der Waals surface area contributed by atoms with Gasteiger partial charge in [0.2, 0.25) is 0 Å². The Balaban J connectivity index is 1.64. The Bertz CT molecular complexity index is 841. The first-order valence-corrected chi connectivity index (χ1v) is 9.46. The molecule has 2 aromatic rings. The van der Waals surface area contributed by atoms with Crippen molar-refractivity contribution in [3.05, 3.63) is 42.0 Å². The molecule has 1 saturated carbocycles. The Labute approximate surface area is 155 Å². The van der Waals surface area contributed by atoms with E-state index in [1.807, 2.05) is 36.4 Å². The average Bonchev–Trinajstić information content (AvgIpc) is 2.77. The van der Waals surface area contributed by atoms with Gasteiger partial charge in [0.15, 0.2) is 0 Å². The van der Waals surface area contributed by atoms with E-state index in [0.717, 1.165) is 29.1 Å². The highest BCUT2D eigenvalue weighted by atomic mass is 16.7. The first-order chi connectivity index (χ1) is 12.3. The zero-order valence-electron chi connectivity index (χ0n) is 16.0. The van der Waals surface area contributed by atoms with E-state index in [2.05, 4.69) is 33.0 Å². The third-order valence-electron chi connectivity index (χ3n) is 6.12. The van der Waals surface area contributed by atoms with Crippen LogP contribution in [0, 0.1) is 0 Å². The van der Waals surface area contributed by atoms with Crippen LogP contribution in [0.15, 0.2) is 36.4 Å². The van der Waals surface area contributed by atoms with Crippen molar-refractivity contribution in [2.24, 2.45) is 0 Å². The maximum atomic E-state index is 12.4. The molecule has 1 N–H and O–H groups in total.